The smallest absolute Gasteiger partial charge is 0.253 e. The fourth-order valence-corrected chi connectivity index (χ4v) is 5.77. The Balaban J connectivity index is 1.81. The number of nitrogens with one attached hydrogen (secondary N) is 1. The van der Waals surface area contributed by atoms with Gasteiger partial charge in [0.15, 0.2) is 0 Å². The van der Waals surface area contributed by atoms with Crippen molar-refractivity contribution in [2.45, 2.75) is 30.0 Å². The highest BCUT2D eigenvalue weighted by Crippen LogP contribution is 2.30. The van der Waals surface area contributed by atoms with Crippen LogP contribution >= 0.6 is 11.3 Å². The van der Waals surface area contributed by atoms with Crippen LogP contribution in [0, 0.1) is 6.92 Å². The summed E-state index contributed by atoms with van der Waals surface area (Å²) >= 11 is 1.24. The van der Waals surface area contributed by atoms with Crippen molar-refractivity contribution in [3.05, 3.63) is 47.3 Å². The topological polar surface area (TPSA) is 66.5 Å². The van der Waals surface area contributed by atoms with E-state index in [1.165, 1.54) is 15.6 Å². The maximum atomic E-state index is 12.8. The van der Waals surface area contributed by atoms with Crippen LogP contribution in [0.2, 0.25) is 0 Å². The van der Waals surface area contributed by atoms with E-state index in [9.17, 15) is 13.2 Å². The normalized spacial score (nSPS) is 18.9. The summed E-state index contributed by atoms with van der Waals surface area (Å²) in [6.45, 7) is 2.25. The second-order valence-corrected chi connectivity index (χ2v) is 8.90. The van der Waals surface area contributed by atoms with E-state index in [-0.39, 0.29) is 5.91 Å². The van der Waals surface area contributed by atoms with Gasteiger partial charge < -0.3 is 5.32 Å². The van der Waals surface area contributed by atoms with Gasteiger partial charge in [-0.05, 0) is 44.0 Å². The average molecular weight is 350 g/mol. The van der Waals surface area contributed by atoms with Crippen molar-refractivity contribution >= 4 is 33.0 Å². The SMILES string of the molecule is Cc1ccc(S(=O)(=O)N2CCC[C@H]2C(=O)Nc2ccccc2)s1. The van der Waals surface area contributed by atoms with Gasteiger partial charge in [0.05, 0.1) is 0 Å². The molecule has 0 radical (unpaired) electrons. The van der Waals surface area contributed by atoms with E-state index >= 15 is 0 Å². The Morgan fingerprint density at radius 2 is 1.96 bits per heavy atom. The molecule has 1 aromatic carbocycles. The van der Waals surface area contributed by atoms with E-state index in [4.69, 9.17) is 0 Å². The third-order valence-electron chi connectivity index (χ3n) is 3.83. The second kappa shape index (κ2) is 6.43. The number of carbonyl (C=O) groups excluding carboxylic acids is 1. The van der Waals surface area contributed by atoms with Crippen molar-refractivity contribution < 1.29 is 13.2 Å². The molecule has 0 bridgehead atoms. The average Bonchev–Trinajstić information content (AvgIpc) is 3.17. The highest BCUT2D eigenvalue weighted by atomic mass is 32.2. The van der Waals surface area contributed by atoms with Crippen LogP contribution in [-0.2, 0) is 14.8 Å². The van der Waals surface area contributed by atoms with Crippen LogP contribution in [-0.4, -0.2) is 31.2 Å². The first-order chi connectivity index (χ1) is 11.0. The maximum absolute atomic E-state index is 12.8. The van der Waals surface area contributed by atoms with Gasteiger partial charge in [0.2, 0.25) is 5.91 Å². The lowest BCUT2D eigenvalue weighted by molar-refractivity contribution is -0.119. The number of amides is 1. The van der Waals surface area contributed by atoms with Crippen molar-refractivity contribution in [2.24, 2.45) is 0 Å². The maximum Gasteiger partial charge on any atom is 0.253 e. The summed E-state index contributed by atoms with van der Waals surface area (Å²) in [5.41, 5.74) is 0.675. The summed E-state index contributed by atoms with van der Waals surface area (Å²) in [6.07, 6.45) is 1.23. The number of anilines is 1. The number of hydrogen-bond donors (Lipinski definition) is 1. The van der Waals surface area contributed by atoms with Crippen LogP contribution in [0.25, 0.3) is 0 Å². The zero-order valence-corrected chi connectivity index (χ0v) is 14.4. The molecule has 5 nitrogen and oxygen atoms in total. The van der Waals surface area contributed by atoms with Crippen molar-refractivity contribution in [1.82, 2.24) is 4.31 Å². The number of thiophene rings is 1. The summed E-state index contributed by atoms with van der Waals surface area (Å²) in [7, 11) is -3.61. The molecule has 23 heavy (non-hydrogen) atoms. The number of para-hydroxylation sites is 1. The van der Waals surface area contributed by atoms with Crippen LogP contribution in [0.5, 0.6) is 0 Å². The van der Waals surface area contributed by atoms with Crippen LogP contribution < -0.4 is 5.32 Å². The van der Waals surface area contributed by atoms with Gasteiger partial charge in [0.1, 0.15) is 10.3 Å². The molecule has 1 aliphatic rings. The number of sulfonamides is 1. The molecule has 0 spiro atoms. The van der Waals surface area contributed by atoms with Crippen LogP contribution in [0.1, 0.15) is 17.7 Å². The highest BCUT2D eigenvalue weighted by Gasteiger charge is 2.40. The van der Waals surface area contributed by atoms with Crippen molar-refractivity contribution in [3.63, 3.8) is 0 Å². The Hall–Kier alpha value is -1.70. The standard InChI is InChI=1S/C16H18N2O3S2/c1-12-9-10-15(22-12)23(20,21)18-11-5-8-14(18)16(19)17-13-6-3-2-4-7-13/h2-4,6-7,9-10,14H,5,8,11H2,1H3,(H,17,19)/t14-/m0/s1. The summed E-state index contributed by atoms with van der Waals surface area (Å²) in [5.74, 6) is -0.273. The van der Waals surface area contributed by atoms with E-state index in [0.717, 1.165) is 4.88 Å². The van der Waals surface area contributed by atoms with Crippen molar-refractivity contribution in [1.29, 1.82) is 0 Å². The van der Waals surface area contributed by atoms with Crippen molar-refractivity contribution in [2.75, 3.05) is 11.9 Å². The summed E-state index contributed by atoms with van der Waals surface area (Å²) in [4.78, 5) is 13.4. The molecule has 1 aromatic heterocycles. The lowest BCUT2D eigenvalue weighted by atomic mass is 10.2. The zero-order chi connectivity index (χ0) is 16.4. The van der Waals surface area contributed by atoms with Gasteiger partial charge in [-0.3, -0.25) is 4.79 Å². The van der Waals surface area contributed by atoms with Gasteiger partial charge in [-0.25, -0.2) is 8.42 Å². The number of carbonyl (C=O) groups is 1. The number of rotatable bonds is 4. The van der Waals surface area contributed by atoms with Crippen molar-refractivity contribution in [3.8, 4) is 0 Å². The predicted molar refractivity (Wildman–Crippen MR) is 91.0 cm³/mol. The van der Waals surface area contributed by atoms with Crippen LogP contribution in [0.4, 0.5) is 5.69 Å². The Bertz CT molecular complexity index is 800. The molecule has 0 unspecified atom stereocenters. The Morgan fingerprint density at radius 1 is 1.22 bits per heavy atom. The molecule has 1 atom stereocenters. The molecular weight excluding hydrogens is 332 g/mol. The van der Waals surface area contributed by atoms with Gasteiger partial charge in [-0.2, -0.15) is 4.31 Å². The first-order valence-corrected chi connectivity index (χ1v) is 9.68. The zero-order valence-electron chi connectivity index (χ0n) is 12.7. The Morgan fingerprint density at radius 3 is 2.61 bits per heavy atom. The third-order valence-corrected chi connectivity index (χ3v) is 7.20. The minimum absolute atomic E-state index is 0.273. The summed E-state index contributed by atoms with van der Waals surface area (Å²) in [6, 6.07) is 11.8. The molecule has 0 saturated carbocycles. The highest BCUT2D eigenvalue weighted by molar-refractivity contribution is 7.91. The van der Waals surface area contributed by atoms with Gasteiger partial charge in [-0.15, -0.1) is 11.3 Å². The van der Waals surface area contributed by atoms with E-state index < -0.39 is 16.1 Å². The molecule has 3 rings (SSSR count). The number of aryl methyl sites for hydroxylation is 1. The van der Waals surface area contributed by atoms with Gasteiger partial charge in [-0.1, -0.05) is 18.2 Å². The first-order valence-electron chi connectivity index (χ1n) is 7.43. The third kappa shape index (κ3) is 3.31. The van der Waals surface area contributed by atoms with Crippen LogP contribution in [0.15, 0.2) is 46.7 Å². The van der Waals surface area contributed by atoms with E-state index in [1.54, 1.807) is 24.3 Å². The van der Waals surface area contributed by atoms with Gasteiger partial charge in [0.25, 0.3) is 10.0 Å². The molecular formula is C16H18N2O3S2. The Kier molecular flexibility index (Phi) is 4.52. The van der Waals surface area contributed by atoms with Crippen LogP contribution in [0.3, 0.4) is 0 Å². The quantitative estimate of drug-likeness (QED) is 0.922. The molecule has 1 N–H and O–H groups in total. The van der Waals surface area contributed by atoms with E-state index in [1.807, 2.05) is 25.1 Å². The predicted octanol–water partition coefficient (Wildman–Crippen LogP) is 2.85. The fourth-order valence-electron chi connectivity index (χ4n) is 2.70. The first kappa shape index (κ1) is 16.2. The molecule has 1 fully saturated rings. The summed E-state index contributed by atoms with van der Waals surface area (Å²) in [5, 5.41) is 2.80. The fraction of sp³-hybridized carbons (Fsp3) is 0.312. The number of hydrogen-bond acceptors (Lipinski definition) is 4. The molecule has 1 saturated heterocycles. The summed E-state index contributed by atoms with van der Waals surface area (Å²) < 4.78 is 27.2. The number of benzene rings is 1. The lowest BCUT2D eigenvalue weighted by Gasteiger charge is -2.22. The second-order valence-electron chi connectivity index (χ2n) is 5.49. The Labute approximate surface area is 140 Å². The van der Waals surface area contributed by atoms with E-state index in [0.29, 0.717) is 29.3 Å². The molecule has 122 valence electrons. The largest absolute Gasteiger partial charge is 0.325 e. The molecule has 0 aliphatic carbocycles. The molecule has 2 heterocycles. The molecule has 2 aromatic rings. The lowest BCUT2D eigenvalue weighted by Crippen LogP contribution is -2.42. The molecule has 1 aliphatic heterocycles. The monoisotopic (exact) mass is 350 g/mol. The van der Waals surface area contributed by atoms with Gasteiger partial charge >= 0.3 is 0 Å². The molecule has 7 heteroatoms. The van der Waals surface area contributed by atoms with Gasteiger partial charge in [0, 0.05) is 17.1 Å². The number of nitrogens with zero attached hydrogens (tertiary/aromatic N) is 1. The molecule has 1 amide bonds. The minimum Gasteiger partial charge on any atom is -0.325 e. The van der Waals surface area contributed by atoms with E-state index in [2.05, 4.69) is 5.32 Å². The minimum atomic E-state index is -3.61.